The summed E-state index contributed by atoms with van der Waals surface area (Å²) in [6.45, 7) is -0.529. The Morgan fingerprint density at radius 2 is 1.65 bits per heavy atom. The fourth-order valence-electron chi connectivity index (χ4n) is 3.10. The van der Waals surface area contributed by atoms with E-state index in [4.69, 9.17) is 12.2 Å². The molecule has 1 saturated heterocycles. The Balaban J connectivity index is 1.91. The summed E-state index contributed by atoms with van der Waals surface area (Å²) in [5.41, 5.74) is 0.924. The maximum atomic E-state index is 12.6. The van der Waals surface area contributed by atoms with Crippen LogP contribution < -0.4 is 5.11 Å². The summed E-state index contributed by atoms with van der Waals surface area (Å²) in [5, 5.41) is 15.1. The van der Waals surface area contributed by atoms with Crippen LogP contribution in [0, 0.1) is 0 Å². The van der Waals surface area contributed by atoms with Gasteiger partial charge in [0.25, 0.3) is 5.91 Å². The van der Waals surface area contributed by atoms with Crippen molar-refractivity contribution in [3.63, 3.8) is 0 Å². The first-order valence-electron chi connectivity index (χ1n) is 7.90. The summed E-state index contributed by atoms with van der Waals surface area (Å²) in [6.07, 6.45) is 1.80. The molecule has 3 aromatic rings. The largest absolute Gasteiger partial charge is 0.548 e. The summed E-state index contributed by atoms with van der Waals surface area (Å²) < 4.78 is 0.231. The van der Waals surface area contributed by atoms with Gasteiger partial charge in [0.2, 0.25) is 0 Å². The second-order valence-electron chi connectivity index (χ2n) is 5.87. The number of thiocarbonyl (C=S) groups is 1. The second kappa shape index (κ2) is 6.55. The number of hydrogen-bond acceptors (Lipinski definition) is 5. The van der Waals surface area contributed by atoms with Gasteiger partial charge in [-0.15, -0.1) is 0 Å². The van der Waals surface area contributed by atoms with Crippen LogP contribution in [0.4, 0.5) is 0 Å². The minimum absolute atomic E-state index is 0.231. The van der Waals surface area contributed by atoms with Crippen LogP contribution in [0.3, 0.4) is 0 Å². The normalized spacial score (nSPS) is 16.2. The number of carbonyl (C=O) groups excluding carboxylic acids is 2. The molecule has 4 nitrogen and oxygen atoms in total. The van der Waals surface area contributed by atoms with Gasteiger partial charge in [-0.3, -0.25) is 9.69 Å². The van der Waals surface area contributed by atoms with Gasteiger partial charge in [-0.05, 0) is 39.3 Å². The van der Waals surface area contributed by atoms with Gasteiger partial charge in [-0.2, -0.15) is 0 Å². The number of carbonyl (C=O) groups is 2. The summed E-state index contributed by atoms with van der Waals surface area (Å²) in [6, 6.07) is 18.0. The highest BCUT2D eigenvalue weighted by molar-refractivity contribution is 8.26. The van der Waals surface area contributed by atoms with Crippen LogP contribution in [-0.4, -0.2) is 27.6 Å². The Hall–Kier alpha value is -2.70. The van der Waals surface area contributed by atoms with E-state index in [2.05, 4.69) is 6.07 Å². The summed E-state index contributed by atoms with van der Waals surface area (Å²) in [7, 11) is 0. The molecule has 128 valence electrons. The quantitative estimate of drug-likeness (QED) is 0.398. The molecule has 4 rings (SSSR count). The van der Waals surface area contributed by atoms with E-state index in [1.54, 1.807) is 6.08 Å². The molecule has 1 aliphatic rings. The maximum absolute atomic E-state index is 12.6. The summed E-state index contributed by atoms with van der Waals surface area (Å²) in [5.74, 6) is -1.74. The molecule has 0 aliphatic carbocycles. The molecule has 0 unspecified atom stereocenters. The van der Waals surface area contributed by atoms with Gasteiger partial charge in [0.15, 0.2) is 0 Å². The molecule has 0 N–H and O–H groups in total. The number of rotatable bonds is 3. The molecule has 0 spiro atoms. The molecule has 0 atom stereocenters. The number of thioether (sulfide) groups is 1. The van der Waals surface area contributed by atoms with Gasteiger partial charge >= 0.3 is 0 Å². The second-order valence-corrected chi connectivity index (χ2v) is 7.55. The molecule has 1 heterocycles. The Morgan fingerprint density at radius 1 is 1.08 bits per heavy atom. The molecule has 0 bridgehead atoms. The van der Waals surface area contributed by atoms with Crippen molar-refractivity contribution < 1.29 is 14.7 Å². The molecule has 0 aromatic heterocycles. The van der Waals surface area contributed by atoms with E-state index in [0.717, 1.165) is 43.8 Å². The summed E-state index contributed by atoms with van der Waals surface area (Å²) in [4.78, 5) is 24.9. The van der Waals surface area contributed by atoms with Gasteiger partial charge < -0.3 is 9.90 Å². The Kier molecular flexibility index (Phi) is 4.22. The van der Waals surface area contributed by atoms with E-state index in [1.165, 1.54) is 0 Å². The highest BCUT2D eigenvalue weighted by atomic mass is 32.2. The standard InChI is InChI=1S/C20H13NO3S2/c22-18(23)11-21-19(24)17(26-20(21)25)10-16-14-7-3-1-5-12(14)9-13-6-2-4-8-15(13)16/h1-10H,11H2,(H,22,23)/p-1/b17-10-. The van der Waals surface area contributed by atoms with Crippen molar-refractivity contribution >= 4 is 67.8 Å². The van der Waals surface area contributed by atoms with Crippen LogP contribution >= 0.6 is 24.0 Å². The molecular formula is C20H12NO3S2-. The van der Waals surface area contributed by atoms with Gasteiger partial charge in [0, 0.05) is 0 Å². The van der Waals surface area contributed by atoms with Crippen molar-refractivity contribution in [3.8, 4) is 0 Å². The average Bonchev–Trinajstić information content (AvgIpc) is 2.88. The zero-order valence-corrected chi connectivity index (χ0v) is 15.1. The van der Waals surface area contributed by atoms with E-state index in [1.807, 2.05) is 48.5 Å². The Bertz CT molecular complexity index is 1070. The summed E-state index contributed by atoms with van der Waals surface area (Å²) >= 11 is 6.27. The van der Waals surface area contributed by atoms with E-state index >= 15 is 0 Å². The minimum Gasteiger partial charge on any atom is -0.548 e. The van der Waals surface area contributed by atoms with Crippen molar-refractivity contribution in [2.24, 2.45) is 0 Å². The third-order valence-corrected chi connectivity index (χ3v) is 5.63. The first-order chi connectivity index (χ1) is 12.5. The molecule has 3 aromatic carbocycles. The van der Waals surface area contributed by atoms with Crippen molar-refractivity contribution in [2.75, 3.05) is 6.54 Å². The van der Waals surface area contributed by atoms with Crippen molar-refractivity contribution in [2.45, 2.75) is 0 Å². The average molecular weight is 378 g/mol. The number of benzene rings is 3. The lowest BCUT2D eigenvalue weighted by Crippen LogP contribution is -2.40. The van der Waals surface area contributed by atoms with Crippen LogP contribution in [0.2, 0.25) is 0 Å². The van der Waals surface area contributed by atoms with Crippen molar-refractivity contribution in [1.82, 2.24) is 4.90 Å². The van der Waals surface area contributed by atoms with Gasteiger partial charge in [0.1, 0.15) is 4.32 Å². The van der Waals surface area contributed by atoms with Gasteiger partial charge in [-0.25, -0.2) is 0 Å². The van der Waals surface area contributed by atoms with Crippen molar-refractivity contribution in [3.05, 3.63) is 65.1 Å². The number of amides is 1. The predicted molar refractivity (Wildman–Crippen MR) is 106 cm³/mol. The molecule has 1 amide bonds. The maximum Gasteiger partial charge on any atom is 0.266 e. The third kappa shape index (κ3) is 2.87. The number of carboxylic acid groups (broad SMARTS) is 1. The molecular weight excluding hydrogens is 366 g/mol. The molecule has 0 saturated carbocycles. The molecule has 1 aliphatic heterocycles. The molecule has 0 radical (unpaired) electrons. The Labute approximate surface area is 159 Å². The lowest BCUT2D eigenvalue weighted by atomic mass is 9.96. The van der Waals surface area contributed by atoms with Crippen LogP contribution in [0.15, 0.2) is 59.5 Å². The first kappa shape index (κ1) is 16.8. The monoisotopic (exact) mass is 378 g/mol. The van der Waals surface area contributed by atoms with Crippen LogP contribution in [0.5, 0.6) is 0 Å². The molecule has 6 heteroatoms. The van der Waals surface area contributed by atoms with Gasteiger partial charge in [0.05, 0.1) is 17.4 Å². The zero-order chi connectivity index (χ0) is 18.3. The first-order valence-corrected chi connectivity index (χ1v) is 9.13. The number of carboxylic acids is 1. The zero-order valence-electron chi connectivity index (χ0n) is 13.5. The number of nitrogens with zero attached hydrogens (tertiary/aromatic N) is 1. The Morgan fingerprint density at radius 3 is 2.23 bits per heavy atom. The highest BCUT2D eigenvalue weighted by Crippen LogP contribution is 2.36. The number of fused-ring (bicyclic) bond motifs is 2. The highest BCUT2D eigenvalue weighted by Gasteiger charge is 2.32. The van der Waals surface area contributed by atoms with E-state index in [-0.39, 0.29) is 4.32 Å². The lowest BCUT2D eigenvalue weighted by Gasteiger charge is -2.14. The lowest BCUT2D eigenvalue weighted by molar-refractivity contribution is -0.305. The van der Waals surface area contributed by atoms with Crippen LogP contribution in [0.25, 0.3) is 27.6 Å². The topological polar surface area (TPSA) is 60.4 Å². The van der Waals surface area contributed by atoms with Gasteiger partial charge in [-0.1, -0.05) is 72.5 Å². The van der Waals surface area contributed by atoms with Crippen LogP contribution in [0.1, 0.15) is 5.56 Å². The van der Waals surface area contributed by atoms with Crippen molar-refractivity contribution in [1.29, 1.82) is 0 Å². The number of aliphatic carboxylic acids is 1. The van der Waals surface area contributed by atoms with E-state index < -0.39 is 18.4 Å². The SMILES string of the molecule is O=C([O-])CN1C(=O)/C(=C/c2c3ccccc3cc3ccccc23)SC1=S. The predicted octanol–water partition coefficient (Wildman–Crippen LogP) is 2.94. The fourth-order valence-corrected chi connectivity index (χ4v) is 4.34. The smallest absolute Gasteiger partial charge is 0.266 e. The third-order valence-electron chi connectivity index (χ3n) is 4.25. The van der Waals surface area contributed by atoms with E-state index in [9.17, 15) is 14.7 Å². The minimum atomic E-state index is -1.34. The number of hydrogen-bond donors (Lipinski definition) is 0. The molecule has 1 fully saturated rings. The fraction of sp³-hybridized carbons (Fsp3) is 0.0500. The van der Waals surface area contributed by atoms with E-state index in [0.29, 0.717) is 4.91 Å². The molecule has 26 heavy (non-hydrogen) atoms. The van der Waals surface area contributed by atoms with Crippen LogP contribution in [-0.2, 0) is 9.59 Å².